The molecule has 4 rings (SSSR count). The van der Waals surface area contributed by atoms with Crippen LogP contribution in [0.2, 0.25) is 5.02 Å². The van der Waals surface area contributed by atoms with Gasteiger partial charge in [0, 0.05) is 41.1 Å². The third-order valence-corrected chi connectivity index (χ3v) is 9.36. The molecule has 49 heavy (non-hydrogen) atoms. The van der Waals surface area contributed by atoms with E-state index in [9.17, 15) is 44.1 Å². The summed E-state index contributed by atoms with van der Waals surface area (Å²) < 4.78 is 6.07. The first-order valence-corrected chi connectivity index (χ1v) is 15.8. The van der Waals surface area contributed by atoms with Crippen LogP contribution in [0, 0.1) is 5.41 Å². The highest BCUT2D eigenvalue weighted by Gasteiger charge is 2.55. The maximum absolute atomic E-state index is 13.3. The number of carboxylic acids is 4. The van der Waals surface area contributed by atoms with Crippen LogP contribution in [0.25, 0.3) is 0 Å². The first-order chi connectivity index (χ1) is 22.8. The summed E-state index contributed by atoms with van der Waals surface area (Å²) in [4.78, 5) is 72.3. The van der Waals surface area contributed by atoms with E-state index in [0.717, 1.165) is 4.90 Å². The van der Waals surface area contributed by atoms with E-state index in [0.29, 0.717) is 5.56 Å². The number of aromatic hydroxyl groups is 1. The summed E-state index contributed by atoms with van der Waals surface area (Å²) in [6, 6.07) is 5.35. The maximum atomic E-state index is 13.3. The second-order valence-corrected chi connectivity index (χ2v) is 13.7. The fraction of sp³-hybridized carbons (Fsp3) is 0.394. The van der Waals surface area contributed by atoms with Gasteiger partial charge in [0.15, 0.2) is 5.78 Å². The Morgan fingerprint density at radius 3 is 2.24 bits per heavy atom. The van der Waals surface area contributed by atoms with E-state index in [4.69, 9.17) is 38.2 Å². The summed E-state index contributed by atoms with van der Waals surface area (Å²) >= 11 is 12.9. The monoisotopic (exact) mass is 720 g/mol. The summed E-state index contributed by atoms with van der Waals surface area (Å²) in [7, 11) is 0. The Labute approximate surface area is 289 Å². The molecule has 1 amide bonds. The number of halogens is 2. The SMILES string of the molecule is CC1(Cl)CC2(C)C(=CC1=O)Oc1cc(O)c(Cl)cc1C2c1cc(C(=O)NCCCCC(C(=O)O)N(CC(=O)O)CC(=O)O)ccc1C(=O)O. The molecule has 4 atom stereocenters. The van der Waals surface area contributed by atoms with Gasteiger partial charge in [0.1, 0.15) is 28.2 Å². The molecule has 2 aliphatic rings. The number of aliphatic carboxylic acids is 3. The minimum atomic E-state index is -1.38. The zero-order valence-electron chi connectivity index (χ0n) is 26.4. The van der Waals surface area contributed by atoms with Gasteiger partial charge in [0.05, 0.1) is 23.7 Å². The average Bonchev–Trinajstić information content (AvgIpc) is 2.98. The van der Waals surface area contributed by atoms with Gasteiger partial charge in [-0.3, -0.25) is 28.9 Å². The molecule has 0 spiro atoms. The van der Waals surface area contributed by atoms with E-state index in [2.05, 4.69) is 5.32 Å². The summed E-state index contributed by atoms with van der Waals surface area (Å²) in [5.74, 6) is -7.26. The van der Waals surface area contributed by atoms with Crippen LogP contribution in [-0.4, -0.2) is 96.6 Å². The number of phenolic OH excluding ortho intramolecular Hbond substituents is 1. The molecule has 0 saturated heterocycles. The predicted octanol–water partition coefficient (Wildman–Crippen LogP) is 3.95. The number of phenols is 1. The van der Waals surface area contributed by atoms with Crippen molar-refractivity contribution in [2.75, 3.05) is 19.6 Å². The molecule has 262 valence electrons. The number of hydrogen-bond acceptors (Lipinski definition) is 9. The number of rotatable bonds is 14. The van der Waals surface area contributed by atoms with Crippen molar-refractivity contribution in [3.63, 3.8) is 0 Å². The van der Waals surface area contributed by atoms with Crippen molar-refractivity contribution >= 4 is 58.8 Å². The van der Waals surface area contributed by atoms with Gasteiger partial charge >= 0.3 is 23.9 Å². The lowest BCUT2D eigenvalue weighted by Gasteiger charge is -2.49. The zero-order chi connectivity index (χ0) is 36.4. The molecule has 1 aliphatic heterocycles. The van der Waals surface area contributed by atoms with E-state index >= 15 is 0 Å². The minimum Gasteiger partial charge on any atom is -0.506 e. The van der Waals surface area contributed by atoms with Crippen molar-refractivity contribution < 1.29 is 59.0 Å². The smallest absolute Gasteiger partial charge is 0.335 e. The lowest BCUT2D eigenvalue weighted by Crippen LogP contribution is -2.47. The first-order valence-electron chi connectivity index (χ1n) is 15.1. The number of carbonyl (C=O) groups excluding carboxylic acids is 2. The number of hydrogen-bond donors (Lipinski definition) is 6. The maximum Gasteiger partial charge on any atom is 0.335 e. The molecule has 6 N–H and O–H groups in total. The number of carboxylic acid groups (broad SMARTS) is 4. The second kappa shape index (κ2) is 14.4. The number of ether oxygens (including phenoxy) is 1. The van der Waals surface area contributed by atoms with E-state index in [1.807, 2.05) is 0 Å². The summed E-state index contributed by atoms with van der Waals surface area (Å²) in [6.45, 7) is 1.80. The van der Waals surface area contributed by atoms with Crippen LogP contribution in [0.4, 0.5) is 0 Å². The highest BCUT2D eigenvalue weighted by molar-refractivity contribution is 6.37. The van der Waals surface area contributed by atoms with Gasteiger partial charge in [-0.15, -0.1) is 11.6 Å². The topological polar surface area (TPSA) is 228 Å². The van der Waals surface area contributed by atoms with Crippen LogP contribution in [0.15, 0.2) is 42.2 Å². The Hall–Kier alpha value is -4.66. The van der Waals surface area contributed by atoms with Crippen molar-refractivity contribution in [2.24, 2.45) is 5.41 Å². The van der Waals surface area contributed by atoms with Crippen LogP contribution in [0.1, 0.15) is 77.3 Å². The largest absolute Gasteiger partial charge is 0.506 e. The van der Waals surface area contributed by atoms with E-state index in [1.165, 1.54) is 36.4 Å². The minimum absolute atomic E-state index is 0.0258. The Morgan fingerprint density at radius 2 is 1.65 bits per heavy atom. The van der Waals surface area contributed by atoms with Gasteiger partial charge < -0.3 is 35.6 Å². The van der Waals surface area contributed by atoms with Gasteiger partial charge in [0.25, 0.3) is 5.91 Å². The van der Waals surface area contributed by atoms with Gasteiger partial charge in [-0.2, -0.15) is 0 Å². The van der Waals surface area contributed by atoms with Gasteiger partial charge in [-0.05, 0) is 62.4 Å². The van der Waals surface area contributed by atoms with Crippen molar-refractivity contribution in [3.05, 3.63) is 69.4 Å². The molecule has 16 heteroatoms. The van der Waals surface area contributed by atoms with Crippen LogP contribution in [0.5, 0.6) is 11.5 Å². The number of nitrogens with zero attached hydrogens (tertiary/aromatic N) is 1. The molecule has 1 aliphatic carbocycles. The molecule has 0 fully saturated rings. The Morgan fingerprint density at radius 1 is 1.00 bits per heavy atom. The van der Waals surface area contributed by atoms with E-state index in [1.54, 1.807) is 13.8 Å². The van der Waals surface area contributed by atoms with Gasteiger partial charge in [-0.25, -0.2) is 4.79 Å². The fourth-order valence-electron chi connectivity index (χ4n) is 6.52. The number of allylic oxidation sites excluding steroid dienone is 2. The highest BCUT2D eigenvalue weighted by atomic mass is 35.5. The second-order valence-electron chi connectivity index (χ2n) is 12.4. The molecule has 0 radical (unpaired) electrons. The van der Waals surface area contributed by atoms with Crippen LogP contribution < -0.4 is 10.1 Å². The molecule has 0 saturated carbocycles. The normalized spacial score (nSPS) is 21.9. The number of fused-ring (bicyclic) bond motifs is 2. The Bertz CT molecular complexity index is 1740. The van der Waals surface area contributed by atoms with Gasteiger partial charge in [-0.1, -0.05) is 18.5 Å². The molecular weight excluding hydrogens is 687 g/mol. The van der Waals surface area contributed by atoms with Crippen LogP contribution in [0.3, 0.4) is 0 Å². The lowest BCUT2D eigenvalue weighted by atomic mass is 9.60. The fourth-order valence-corrected chi connectivity index (χ4v) is 7.03. The quantitative estimate of drug-likeness (QED) is 0.120. The summed E-state index contributed by atoms with van der Waals surface area (Å²) in [5, 5.41) is 50.9. The van der Waals surface area contributed by atoms with E-state index in [-0.39, 0.29) is 71.2 Å². The number of carbonyl (C=O) groups is 6. The number of ketones is 1. The third kappa shape index (κ3) is 7.98. The van der Waals surface area contributed by atoms with Crippen LogP contribution in [-0.2, 0) is 19.2 Å². The number of amides is 1. The summed E-state index contributed by atoms with van der Waals surface area (Å²) in [6.07, 6.45) is 1.66. The number of unbranched alkanes of at least 4 members (excludes halogenated alkanes) is 1. The summed E-state index contributed by atoms with van der Waals surface area (Å²) in [5.41, 5.74) is -0.558. The molecule has 0 bridgehead atoms. The number of benzene rings is 2. The Kier molecular flexibility index (Phi) is 11.0. The molecule has 4 unspecified atom stereocenters. The van der Waals surface area contributed by atoms with Crippen LogP contribution >= 0.6 is 23.2 Å². The Balaban J connectivity index is 1.61. The standard InChI is InChI=1S/C33H34Cl2N2O12/c1-32-15-33(2,35)24(39)12-25(32)49-23-11-22(38)20(34)10-19(23)28(32)18-9-16(6-7-17(18)30(45)46)29(44)36-8-4-3-5-21(31(47)48)37(13-26(40)41)14-27(42)43/h6-7,9-12,21,28,38H,3-5,8,13-15H2,1-2H3,(H,36,44)(H,40,41)(H,42,43)(H,45,46)(H,47,48). The molecule has 0 aromatic heterocycles. The molecule has 2 aromatic rings. The third-order valence-electron chi connectivity index (χ3n) is 8.73. The number of alkyl halides is 1. The lowest BCUT2D eigenvalue weighted by molar-refractivity contribution is -0.149. The first kappa shape index (κ1) is 37.2. The average molecular weight is 722 g/mol. The molecule has 1 heterocycles. The molecule has 2 aromatic carbocycles. The molecular formula is C33H34Cl2N2O12. The zero-order valence-corrected chi connectivity index (χ0v) is 27.9. The van der Waals surface area contributed by atoms with Crippen molar-refractivity contribution in [2.45, 2.75) is 56.4 Å². The highest BCUT2D eigenvalue weighted by Crippen LogP contribution is 2.60. The molecule has 14 nitrogen and oxygen atoms in total. The van der Waals surface area contributed by atoms with E-state index < -0.39 is 70.9 Å². The van der Waals surface area contributed by atoms with Crippen molar-refractivity contribution in [1.29, 1.82) is 0 Å². The number of nitrogens with one attached hydrogen (secondary N) is 1. The van der Waals surface area contributed by atoms with Gasteiger partial charge in [0.2, 0.25) is 0 Å². The number of aromatic carboxylic acids is 1. The van der Waals surface area contributed by atoms with Crippen molar-refractivity contribution in [1.82, 2.24) is 10.2 Å². The predicted molar refractivity (Wildman–Crippen MR) is 174 cm³/mol. The van der Waals surface area contributed by atoms with Crippen molar-refractivity contribution in [3.8, 4) is 11.5 Å².